The highest BCUT2D eigenvalue weighted by molar-refractivity contribution is 5.96. The Balaban J connectivity index is 2.41. The number of aliphatic carboxylic acids is 1. The molecule has 104 valence electrons. The maximum absolute atomic E-state index is 11.9. The molecule has 1 aromatic carbocycles. The standard InChI is InChI=1S/C14H19NO4/c1-10(14(17)18)6-5-9-15-13(16)11-7-3-4-8-12(11)19-2/h3-4,7-8,10H,5-6,9H2,1-2H3,(H,15,16)(H,17,18). The summed E-state index contributed by atoms with van der Waals surface area (Å²) in [5, 5.41) is 11.5. The quantitative estimate of drug-likeness (QED) is 0.739. The van der Waals surface area contributed by atoms with Gasteiger partial charge in [-0.2, -0.15) is 0 Å². The Kier molecular flexibility index (Phi) is 5.85. The van der Waals surface area contributed by atoms with E-state index in [9.17, 15) is 9.59 Å². The van der Waals surface area contributed by atoms with E-state index >= 15 is 0 Å². The van der Waals surface area contributed by atoms with Crippen LogP contribution in [0.4, 0.5) is 0 Å². The van der Waals surface area contributed by atoms with Gasteiger partial charge in [-0.1, -0.05) is 19.1 Å². The van der Waals surface area contributed by atoms with Crippen molar-refractivity contribution < 1.29 is 19.4 Å². The van der Waals surface area contributed by atoms with Gasteiger partial charge in [-0.3, -0.25) is 9.59 Å². The van der Waals surface area contributed by atoms with Crippen molar-refractivity contribution >= 4 is 11.9 Å². The van der Waals surface area contributed by atoms with E-state index in [1.165, 1.54) is 7.11 Å². The van der Waals surface area contributed by atoms with Crippen molar-refractivity contribution in [2.75, 3.05) is 13.7 Å². The van der Waals surface area contributed by atoms with E-state index in [-0.39, 0.29) is 11.8 Å². The number of nitrogens with one attached hydrogen (secondary N) is 1. The number of carbonyl (C=O) groups is 2. The maximum Gasteiger partial charge on any atom is 0.306 e. The third kappa shape index (κ3) is 4.62. The fourth-order valence-corrected chi connectivity index (χ4v) is 1.66. The number of hydrogen-bond acceptors (Lipinski definition) is 3. The Morgan fingerprint density at radius 1 is 1.37 bits per heavy atom. The van der Waals surface area contributed by atoms with Crippen LogP contribution in [-0.4, -0.2) is 30.6 Å². The average Bonchev–Trinajstić information content (AvgIpc) is 2.42. The van der Waals surface area contributed by atoms with Crippen LogP contribution in [0.2, 0.25) is 0 Å². The van der Waals surface area contributed by atoms with Gasteiger partial charge in [0.1, 0.15) is 5.75 Å². The van der Waals surface area contributed by atoms with E-state index in [0.29, 0.717) is 30.7 Å². The summed E-state index contributed by atoms with van der Waals surface area (Å²) in [4.78, 5) is 22.5. The monoisotopic (exact) mass is 265 g/mol. The minimum atomic E-state index is -0.809. The van der Waals surface area contributed by atoms with Gasteiger partial charge in [-0.25, -0.2) is 0 Å². The molecular weight excluding hydrogens is 246 g/mol. The molecule has 5 nitrogen and oxygen atoms in total. The van der Waals surface area contributed by atoms with Crippen LogP contribution in [0.5, 0.6) is 5.75 Å². The van der Waals surface area contributed by atoms with Gasteiger partial charge in [0.05, 0.1) is 18.6 Å². The topological polar surface area (TPSA) is 75.6 Å². The molecule has 0 spiro atoms. The van der Waals surface area contributed by atoms with Crippen LogP contribution in [0, 0.1) is 5.92 Å². The van der Waals surface area contributed by atoms with Gasteiger partial charge in [-0.05, 0) is 25.0 Å². The molecule has 0 saturated carbocycles. The molecule has 0 saturated heterocycles. The van der Waals surface area contributed by atoms with Crippen molar-refractivity contribution in [2.45, 2.75) is 19.8 Å². The summed E-state index contributed by atoms with van der Waals surface area (Å²) in [6.07, 6.45) is 1.18. The summed E-state index contributed by atoms with van der Waals surface area (Å²) in [7, 11) is 1.51. The number of carbonyl (C=O) groups excluding carboxylic acids is 1. The van der Waals surface area contributed by atoms with Gasteiger partial charge < -0.3 is 15.2 Å². The number of hydrogen-bond donors (Lipinski definition) is 2. The Morgan fingerprint density at radius 3 is 2.68 bits per heavy atom. The van der Waals surface area contributed by atoms with Gasteiger partial charge in [0.25, 0.3) is 5.91 Å². The van der Waals surface area contributed by atoms with Crippen LogP contribution in [-0.2, 0) is 4.79 Å². The molecule has 0 fully saturated rings. The smallest absolute Gasteiger partial charge is 0.306 e. The predicted octanol–water partition coefficient (Wildman–Crippen LogP) is 1.93. The summed E-state index contributed by atoms with van der Waals surface area (Å²) in [5.41, 5.74) is 0.483. The Hall–Kier alpha value is -2.04. The number of benzene rings is 1. The van der Waals surface area contributed by atoms with E-state index in [0.717, 1.165) is 0 Å². The SMILES string of the molecule is COc1ccccc1C(=O)NCCCC(C)C(=O)O. The number of ether oxygens (including phenoxy) is 1. The summed E-state index contributed by atoms with van der Waals surface area (Å²) >= 11 is 0. The average molecular weight is 265 g/mol. The predicted molar refractivity (Wildman–Crippen MR) is 71.4 cm³/mol. The van der Waals surface area contributed by atoms with E-state index in [4.69, 9.17) is 9.84 Å². The molecule has 0 aliphatic rings. The number of carboxylic acids is 1. The lowest BCUT2D eigenvalue weighted by molar-refractivity contribution is -0.141. The number of carboxylic acid groups (broad SMARTS) is 1. The first-order valence-corrected chi connectivity index (χ1v) is 6.20. The van der Waals surface area contributed by atoms with Crippen LogP contribution in [0.3, 0.4) is 0 Å². The molecule has 0 bridgehead atoms. The molecule has 5 heteroatoms. The third-order valence-corrected chi connectivity index (χ3v) is 2.87. The Morgan fingerprint density at radius 2 is 2.05 bits per heavy atom. The zero-order valence-corrected chi connectivity index (χ0v) is 11.2. The molecule has 1 amide bonds. The lowest BCUT2D eigenvalue weighted by Gasteiger charge is -2.10. The fraction of sp³-hybridized carbons (Fsp3) is 0.429. The molecular formula is C14H19NO4. The first-order valence-electron chi connectivity index (χ1n) is 6.20. The van der Waals surface area contributed by atoms with Crippen molar-refractivity contribution in [1.29, 1.82) is 0 Å². The summed E-state index contributed by atoms with van der Waals surface area (Å²) < 4.78 is 5.10. The molecule has 0 aliphatic heterocycles. The number of rotatable bonds is 7. The third-order valence-electron chi connectivity index (χ3n) is 2.87. The Labute approximate surface area is 112 Å². The summed E-state index contributed by atoms with van der Waals surface area (Å²) in [6, 6.07) is 6.98. The highest BCUT2D eigenvalue weighted by Gasteiger charge is 2.12. The van der Waals surface area contributed by atoms with E-state index < -0.39 is 5.97 Å². The normalized spacial score (nSPS) is 11.7. The molecule has 19 heavy (non-hydrogen) atoms. The van der Waals surface area contributed by atoms with E-state index in [2.05, 4.69) is 5.32 Å². The van der Waals surface area contributed by atoms with E-state index in [1.807, 2.05) is 0 Å². The zero-order chi connectivity index (χ0) is 14.3. The highest BCUT2D eigenvalue weighted by atomic mass is 16.5. The second-order valence-electron chi connectivity index (χ2n) is 4.34. The zero-order valence-electron chi connectivity index (χ0n) is 11.2. The minimum absolute atomic E-state index is 0.208. The van der Waals surface area contributed by atoms with Gasteiger partial charge >= 0.3 is 5.97 Å². The van der Waals surface area contributed by atoms with Crippen LogP contribution >= 0.6 is 0 Å². The summed E-state index contributed by atoms with van der Waals surface area (Å²) in [6.45, 7) is 2.11. The first kappa shape index (κ1) is 15.0. The van der Waals surface area contributed by atoms with Crippen LogP contribution in [0.1, 0.15) is 30.1 Å². The van der Waals surface area contributed by atoms with Gasteiger partial charge in [0, 0.05) is 6.54 Å². The number of amides is 1. The largest absolute Gasteiger partial charge is 0.496 e. The molecule has 1 unspecified atom stereocenters. The molecule has 1 rings (SSSR count). The van der Waals surface area contributed by atoms with Gasteiger partial charge in [0.2, 0.25) is 0 Å². The first-order chi connectivity index (χ1) is 9.06. The molecule has 1 atom stereocenters. The summed E-state index contributed by atoms with van der Waals surface area (Å²) in [5.74, 6) is -0.876. The second-order valence-corrected chi connectivity index (χ2v) is 4.34. The fourth-order valence-electron chi connectivity index (χ4n) is 1.66. The molecule has 0 radical (unpaired) electrons. The number of para-hydroxylation sites is 1. The van der Waals surface area contributed by atoms with Crippen molar-refractivity contribution in [2.24, 2.45) is 5.92 Å². The second kappa shape index (κ2) is 7.41. The molecule has 0 aromatic heterocycles. The molecule has 0 aliphatic carbocycles. The van der Waals surface area contributed by atoms with Crippen molar-refractivity contribution in [3.05, 3.63) is 29.8 Å². The minimum Gasteiger partial charge on any atom is -0.496 e. The van der Waals surface area contributed by atoms with Gasteiger partial charge in [0.15, 0.2) is 0 Å². The molecule has 1 aromatic rings. The van der Waals surface area contributed by atoms with E-state index in [1.54, 1.807) is 31.2 Å². The van der Waals surface area contributed by atoms with Crippen molar-refractivity contribution in [1.82, 2.24) is 5.32 Å². The van der Waals surface area contributed by atoms with Crippen molar-refractivity contribution in [3.63, 3.8) is 0 Å². The Bertz CT molecular complexity index is 445. The van der Waals surface area contributed by atoms with Crippen LogP contribution in [0.25, 0.3) is 0 Å². The lowest BCUT2D eigenvalue weighted by Crippen LogP contribution is -2.25. The maximum atomic E-state index is 11.9. The van der Waals surface area contributed by atoms with Crippen LogP contribution in [0.15, 0.2) is 24.3 Å². The van der Waals surface area contributed by atoms with Crippen molar-refractivity contribution in [3.8, 4) is 5.75 Å². The number of methoxy groups -OCH3 is 1. The molecule has 2 N–H and O–H groups in total. The lowest BCUT2D eigenvalue weighted by atomic mass is 10.1. The van der Waals surface area contributed by atoms with Gasteiger partial charge in [-0.15, -0.1) is 0 Å². The van der Waals surface area contributed by atoms with Crippen LogP contribution < -0.4 is 10.1 Å². The highest BCUT2D eigenvalue weighted by Crippen LogP contribution is 2.16. The molecule has 0 heterocycles.